The summed E-state index contributed by atoms with van der Waals surface area (Å²) in [6.07, 6.45) is -2.52. The van der Waals surface area contributed by atoms with Crippen molar-refractivity contribution in [2.75, 3.05) is 18.0 Å². The fourth-order valence-corrected chi connectivity index (χ4v) is 4.10. The Kier molecular flexibility index (Phi) is 5.13. The Balaban J connectivity index is 1.76. The Morgan fingerprint density at radius 3 is 2.20 bits per heavy atom. The molecule has 2 heterocycles. The van der Waals surface area contributed by atoms with E-state index in [9.17, 15) is 22.8 Å². The van der Waals surface area contributed by atoms with E-state index in [-0.39, 0.29) is 5.69 Å². The smallest absolute Gasteiger partial charge is 0.366 e. The molecule has 2 aromatic carbocycles. The van der Waals surface area contributed by atoms with Gasteiger partial charge in [-0.3, -0.25) is 9.59 Å². The second-order valence-electron chi connectivity index (χ2n) is 7.77. The average molecular weight is 414 g/mol. The minimum Gasteiger partial charge on any atom is -0.366 e. The molecule has 2 aromatic rings. The molecule has 0 aliphatic carbocycles. The van der Waals surface area contributed by atoms with Gasteiger partial charge in [0.15, 0.2) is 0 Å². The van der Waals surface area contributed by atoms with Crippen molar-refractivity contribution in [3.63, 3.8) is 0 Å². The summed E-state index contributed by atoms with van der Waals surface area (Å²) < 4.78 is 38.7. The first-order chi connectivity index (χ1) is 14.3. The minimum atomic E-state index is -4.49. The molecule has 2 aliphatic rings. The fraction of sp³-hybridized carbons (Fsp3) is 0.304. The normalized spacial score (nSPS) is 20.3. The molecular weight excluding hydrogens is 393 g/mol. The standard InChI is InChI=1S/C23H21F3N2O2/c1-15-6-5-13-27(14-15)20-19(16-7-3-2-4-8-16)21(29)28(22(20)30)18-11-9-17(10-12-18)23(24,25)26/h2-4,7-12,15H,5-6,13-14H2,1H3. The Hall–Kier alpha value is -3.09. The van der Waals surface area contributed by atoms with Crippen molar-refractivity contribution in [3.8, 4) is 0 Å². The van der Waals surface area contributed by atoms with Crippen LogP contribution in [0.25, 0.3) is 5.57 Å². The summed E-state index contributed by atoms with van der Waals surface area (Å²) in [5, 5.41) is 0. The Morgan fingerprint density at radius 2 is 1.60 bits per heavy atom. The zero-order valence-electron chi connectivity index (χ0n) is 16.4. The maximum absolute atomic E-state index is 13.4. The van der Waals surface area contributed by atoms with Gasteiger partial charge in [-0.05, 0) is 48.6 Å². The van der Waals surface area contributed by atoms with Gasteiger partial charge in [-0.25, -0.2) is 4.90 Å². The van der Waals surface area contributed by atoms with Gasteiger partial charge in [0.1, 0.15) is 5.70 Å². The maximum Gasteiger partial charge on any atom is 0.416 e. The number of piperidine rings is 1. The monoisotopic (exact) mass is 414 g/mol. The Morgan fingerprint density at radius 1 is 0.933 bits per heavy atom. The number of hydrogen-bond acceptors (Lipinski definition) is 3. The van der Waals surface area contributed by atoms with Crippen LogP contribution in [0.3, 0.4) is 0 Å². The van der Waals surface area contributed by atoms with Crippen LogP contribution in [0, 0.1) is 5.92 Å². The van der Waals surface area contributed by atoms with Crippen molar-refractivity contribution in [3.05, 3.63) is 71.4 Å². The van der Waals surface area contributed by atoms with Crippen LogP contribution in [0.5, 0.6) is 0 Å². The van der Waals surface area contributed by atoms with E-state index in [0.717, 1.165) is 29.9 Å². The molecule has 2 amide bonds. The second-order valence-corrected chi connectivity index (χ2v) is 7.77. The zero-order chi connectivity index (χ0) is 21.5. The first-order valence-electron chi connectivity index (χ1n) is 9.88. The lowest BCUT2D eigenvalue weighted by molar-refractivity contribution is -0.137. The van der Waals surface area contributed by atoms with E-state index in [1.54, 1.807) is 24.3 Å². The largest absolute Gasteiger partial charge is 0.416 e. The number of rotatable bonds is 3. The van der Waals surface area contributed by atoms with Crippen LogP contribution < -0.4 is 4.90 Å². The first kappa shape index (κ1) is 20.2. The number of carbonyl (C=O) groups excluding carboxylic acids is 2. The van der Waals surface area contributed by atoms with Crippen LogP contribution in [-0.2, 0) is 15.8 Å². The number of hydrogen-bond donors (Lipinski definition) is 0. The summed E-state index contributed by atoms with van der Waals surface area (Å²) in [6, 6.07) is 13.1. The number of amides is 2. The van der Waals surface area contributed by atoms with Gasteiger partial charge in [-0.1, -0.05) is 37.3 Å². The number of likely N-dealkylation sites (tertiary alicyclic amines) is 1. The predicted octanol–water partition coefficient (Wildman–Crippen LogP) is 4.72. The fourth-order valence-electron chi connectivity index (χ4n) is 4.10. The lowest BCUT2D eigenvalue weighted by Crippen LogP contribution is -2.39. The molecule has 2 aliphatic heterocycles. The maximum atomic E-state index is 13.4. The highest BCUT2D eigenvalue weighted by atomic mass is 19.4. The van der Waals surface area contributed by atoms with Crippen molar-refractivity contribution in [1.82, 2.24) is 4.90 Å². The van der Waals surface area contributed by atoms with Crippen molar-refractivity contribution in [1.29, 1.82) is 0 Å². The Bertz CT molecular complexity index is 997. The predicted molar refractivity (Wildman–Crippen MR) is 107 cm³/mol. The van der Waals surface area contributed by atoms with E-state index in [1.807, 2.05) is 11.0 Å². The van der Waals surface area contributed by atoms with Gasteiger partial charge in [0, 0.05) is 13.1 Å². The van der Waals surface area contributed by atoms with Crippen LogP contribution in [-0.4, -0.2) is 29.8 Å². The molecule has 0 saturated carbocycles. The molecule has 0 bridgehead atoms. The van der Waals surface area contributed by atoms with Crippen LogP contribution in [0.2, 0.25) is 0 Å². The number of anilines is 1. The molecule has 4 rings (SSSR count). The number of halogens is 3. The molecule has 7 heteroatoms. The summed E-state index contributed by atoms with van der Waals surface area (Å²) in [6.45, 7) is 3.42. The second kappa shape index (κ2) is 7.63. The summed E-state index contributed by atoms with van der Waals surface area (Å²) in [7, 11) is 0. The van der Waals surface area contributed by atoms with Crippen LogP contribution in [0.1, 0.15) is 30.9 Å². The van der Waals surface area contributed by atoms with Gasteiger partial charge < -0.3 is 4.90 Å². The summed E-state index contributed by atoms with van der Waals surface area (Å²) in [4.78, 5) is 29.6. The molecule has 30 heavy (non-hydrogen) atoms. The third kappa shape index (κ3) is 3.60. The number of benzene rings is 2. The number of carbonyl (C=O) groups is 2. The molecular formula is C23H21F3N2O2. The molecule has 4 nitrogen and oxygen atoms in total. The van der Waals surface area contributed by atoms with E-state index in [0.29, 0.717) is 35.8 Å². The Labute approximate surface area is 172 Å². The van der Waals surface area contributed by atoms with Crippen LogP contribution >= 0.6 is 0 Å². The van der Waals surface area contributed by atoms with E-state index in [4.69, 9.17) is 0 Å². The third-order valence-electron chi connectivity index (χ3n) is 5.55. The number of alkyl halides is 3. The van der Waals surface area contributed by atoms with E-state index in [2.05, 4.69) is 6.92 Å². The molecule has 0 N–H and O–H groups in total. The molecule has 156 valence electrons. The minimum absolute atomic E-state index is 0.131. The van der Waals surface area contributed by atoms with Gasteiger partial charge in [0.25, 0.3) is 11.8 Å². The van der Waals surface area contributed by atoms with Gasteiger partial charge in [0.2, 0.25) is 0 Å². The summed E-state index contributed by atoms with van der Waals surface area (Å²) in [5.74, 6) is -0.627. The molecule has 0 aromatic heterocycles. The summed E-state index contributed by atoms with van der Waals surface area (Å²) >= 11 is 0. The zero-order valence-corrected chi connectivity index (χ0v) is 16.4. The molecule has 0 radical (unpaired) electrons. The van der Waals surface area contributed by atoms with E-state index < -0.39 is 23.6 Å². The van der Waals surface area contributed by atoms with Gasteiger partial charge in [-0.2, -0.15) is 13.2 Å². The van der Waals surface area contributed by atoms with Crippen molar-refractivity contribution >= 4 is 23.1 Å². The molecule has 1 saturated heterocycles. The molecule has 0 spiro atoms. The highest BCUT2D eigenvalue weighted by Crippen LogP contribution is 2.37. The van der Waals surface area contributed by atoms with Crippen molar-refractivity contribution < 1.29 is 22.8 Å². The number of nitrogens with zero attached hydrogens (tertiary/aromatic N) is 2. The first-order valence-corrected chi connectivity index (χ1v) is 9.88. The molecule has 1 unspecified atom stereocenters. The summed E-state index contributed by atoms with van der Waals surface area (Å²) in [5.41, 5.74) is 0.559. The topological polar surface area (TPSA) is 40.6 Å². The highest BCUT2D eigenvalue weighted by Gasteiger charge is 2.43. The van der Waals surface area contributed by atoms with Crippen LogP contribution in [0.4, 0.5) is 18.9 Å². The lowest BCUT2D eigenvalue weighted by Gasteiger charge is -2.33. The average Bonchev–Trinajstić information content (AvgIpc) is 2.98. The third-order valence-corrected chi connectivity index (χ3v) is 5.55. The van der Waals surface area contributed by atoms with Crippen LogP contribution in [0.15, 0.2) is 60.3 Å². The van der Waals surface area contributed by atoms with Crippen molar-refractivity contribution in [2.45, 2.75) is 25.9 Å². The van der Waals surface area contributed by atoms with E-state index in [1.165, 1.54) is 12.1 Å². The molecule has 1 fully saturated rings. The molecule has 1 atom stereocenters. The van der Waals surface area contributed by atoms with Gasteiger partial charge in [-0.15, -0.1) is 0 Å². The van der Waals surface area contributed by atoms with Gasteiger partial charge >= 0.3 is 6.18 Å². The van der Waals surface area contributed by atoms with Crippen molar-refractivity contribution in [2.24, 2.45) is 5.92 Å². The highest BCUT2D eigenvalue weighted by molar-refractivity contribution is 6.45. The van der Waals surface area contributed by atoms with E-state index >= 15 is 0 Å². The lowest BCUT2D eigenvalue weighted by atomic mass is 9.98. The quantitative estimate of drug-likeness (QED) is 0.683. The number of imide groups is 1. The SMILES string of the molecule is CC1CCCN(C2=C(c3ccccc3)C(=O)N(c3ccc(C(F)(F)F)cc3)C2=O)C1. The van der Waals surface area contributed by atoms with Gasteiger partial charge in [0.05, 0.1) is 16.8 Å².